The first-order chi connectivity index (χ1) is 8.66. The minimum atomic E-state index is -0.488. The molecule has 3 rings (SSSR count). The molecule has 0 saturated carbocycles. The normalized spacial score (nSPS) is 14.2. The predicted octanol–water partition coefficient (Wildman–Crippen LogP) is 2.64. The molecule has 0 fully saturated rings. The van der Waals surface area contributed by atoms with E-state index in [9.17, 15) is 9.59 Å². The van der Waals surface area contributed by atoms with Gasteiger partial charge in [0, 0.05) is 16.0 Å². The molecule has 1 amide bonds. The molecule has 2 aromatic rings. The SMILES string of the molecule is O=C1C(=O)N(Cc2nccs2)c2cc(Br)ccc21. The molecular formula is C12H7BrN2O2S. The van der Waals surface area contributed by atoms with Crippen molar-refractivity contribution in [1.29, 1.82) is 0 Å². The lowest BCUT2D eigenvalue weighted by Gasteiger charge is -2.14. The fraction of sp³-hybridized carbons (Fsp3) is 0.0833. The maximum Gasteiger partial charge on any atom is 0.299 e. The number of thiazole rings is 1. The highest BCUT2D eigenvalue weighted by Crippen LogP contribution is 2.32. The Labute approximate surface area is 115 Å². The van der Waals surface area contributed by atoms with Crippen molar-refractivity contribution in [3.05, 3.63) is 44.8 Å². The number of carbonyl (C=O) groups is 2. The number of amides is 1. The summed E-state index contributed by atoms with van der Waals surface area (Å²) < 4.78 is 0.841. The predicted molar refractivity (Wildman–Crippen MR) is 71.8 cm³/mol. The van der Waals surface area contributed by atoms with Gasteiger partial charge in [-0.2, -0.15) is 0 Å². The zero-order valence-electron chi connectivity index (χ0n) is 9.09. The number of nitrogens with zero attached hydrogens (tertiary/aromatic N) is 2. The molecule has 18 heavy (non-hydrogen) atoms. The van der Waals surface area contributed by atoms with Crippen LogP contribution in [0.5, 0.6) is 0 Å². The molecule has 0 radical (unpaired) electrons. The number of hydrogen-bond acceptors (Lipinski definition) is 4. The van der Waals surface area contributed by atoms with Crippen molar-refractivity contribution < 1.29 is 9.59 Å². The lowest BCUT2D eigenvalue weighted by Crippen LogP contribution is -2.29. The Balaban J connectivity index is 2.03. The van der Waals surface area contributed by atoms with E-state index < -0.39 is 11.7 Å². The van der Waals surface area contributed by atoms with Crippen molar-refractivity contribution in [2.24, 2.45) is 0 Å². The van der Waals surface area contributed by atoms with Gasteiger partial charge in [-0.15, -0.1) is 11.3 Å². The number of hydrogen-bond donors (Lipinski definition) is 0. The first-order valence-corrected chi connectivity index (χ1v) is 6.88. The monoisotopic (exact) mass is 322 g/mol. The van der Waals surface area contributed by atoms with Crippen molar-refractivity contribution in [2.45, 2.75) is 6.54 Å². The van der Waals surface area contributed by atoms with Crippen molar-refractivity contribution in [2.75, 3.05) is 4.90 Å². The topological polar surface area (TPSA) is 50.3 Å². The molecule has 1 aromatic carbocycles. The summed E-state index contributed by atoms with van der Waals surface area (Å²) in [5, 5.41) is 2.66. The summed E-state index contributed by atoms with van der Waals surface area (Å²) in [6.07, 6.45) is 1.68. The Bertz CT molecular complexity index is 640. The van der Waals surface area contributed by atoms with Crippen molar-refractivity contribution in [3.63, 3.8) is 0 Å². The van der Waals surface area contributed by atoms with E-state index in [1.165, 1.54) is 16.2 Å². The Kier molecular flexibility index (Phi) is 2.76. The van der Waals surface area contributed by atoms with Crippen molar-refractivity contribution in [3.8, 4) is 0 Å². The fourth-order valence-electron chi connectivity index (χ4n) is 1.89. The van der Waals surface area contributed by atoms with Crippen LogP contribution in [-0.2, 0) is 11.3 Å². The summed E-state index contributed by atoms with van der Waals surface area (Å²) in [6, 6.07) is 5.21. The summed E-state index contributed by atoms with van der Waals surface area (Å²) >= 11 is 4.81. The van der Waals surface area contributed by atoms with Crippen molar-refractivity contribution >= 4 is 44.6 Å². The number of benzene rings is 1. The number of ketones is 1. The third kappa shape index (κ3) is 1.77. The van der Waals surface area contributed by atoms with Gasteiger partial charge in [-0.25, -0.2) is 4.98 Å². The van der Waals surface area contributed by atoms with Gasteiger partial charge in [-0.1, -0.05) is 15.9 Å². The minimum absolute atomic E-state index is 0.339. The van der Waals surface area contributed by atoms with E-state index in [2.05, 4.69) is 20.9 Å². The zero-order chi connectivity index (χ0) is 12.7. The number of anilines is 1. The molecule has 90 valence electrons. The molecule has 1 aliphatic heterocycles. The Morgan fingerprint density at radius 1 is 1.33 bits per heavy atom. The molecule has 1 aromatic heterocycles. The van der Waals surface area contributed by atoms with E-state index in [1.54, 1.807) is 24.4 Å². The highest BCUT2D eigenvalue weighted by Gasteiger charge is 2.36. The quantitative estimate of drug-likeness (QED) is 0.799. The van der Waals surface area contributed by atoms with Crippen LogP contribution in [0.15, 0.2) is 34.2 Å². The first kappa shape index (κ1) is 11.6. The molecule has 1 aliphatic rings. The van der Waals surface area contributed by atoms with E-state index in [1.807, 2.05) is 5.38 Å². The summed E-state index contributed by atoms with van der Waals surface area (Å²) in [6.45, 7) is 0.339. The lowest BCUT2D eigenvalue weighted by molar-refractivity contribution is -0.114. The Morgan fingerprint density at radius 3 is 2.89 bits per heavy atom. The third-order valence-corrected chi connectivity index (χ3v) is 3.97. The maximum atomic E-state index is 11.9. The molecule has 0 atom stereocenters. The largest absolute Gasteiger partial charge is 0.299 e. The standard InChI is InChI=1S/C12H7BrN2O2S/c13-7-1-2-8-9(5-7)15(12(17)11(8)16)6-10-14-3-4-18-10/h1-5H,6H2. The zero-order valence-corrected chi connectivity index (χ0v) is 11.5. The summed E-state index contributed by atoms with van der Waals surface area (Å²) in [4.78, 5) is 29.4. The number of carbonyl (C=O) groups excluding carboxylic acids is 2. The van der Waals surface area contributed by atoms with Crippen LogP contribution < -0.4 is 4.90 Å². The molecule has 4 nitrogen and oxygen atoms in total. The summed E-state index contributed by atoms with van der Waals surface area (Å²) in [5.41, 5.74) is 1.11. The van der Waals surface area contributed by atoms with E-state index in [0.29, 0.717) is 17.8 Å². The van der Waals surface area contributed by atoms with Gasteiger partial charge in [0.15, 0.2) is 0 Å². The van der Waals surface area contributed by atoms with Gasteiger partial charge < -0.3 is 0 Å². The minimum Gasteiger partial charge on any atom is -0.298 e. The molecule has 0 N–H and O–H groups in total. The Hall–Kier alpha value is -1.53. The lowest BCUT2D eigenvalue weighted by atomic mass is 10.1. The second-order valence-corrected chi connectivity index (χ2v) is 5.70. The number of fused-ring (bicyclic) bond motifs is 1. The second-order valence-electron chi connectivity index (χ2n) is 3.81. The number of rotatable bonds is 2. The number of halogens is 1. The molecule has 0 bridgehead atoms. The average molecular weight is 323 g/mol. The molecule has 0 saturated heterocycles. The van der Waals surface area contributed by atoms with E-state index in [0.717, 1.165) is 9.48 Å². The summed E-state index contributed by atoms with van der Waals surface area (Å²) in [5.74, 6) is -0.938. The van der Waals surface area contributed by atoms with Gasteiger partial charge in [-0.3, -0.25) is 14.5 Å². The molecule has 0 unspecified atom stereocenters. The highest BCUT2D eigenvalue weighted by molar-refractivity contribution is 9.10. The van der Waals surface area contributed by atoms with Crippen molar-refractivity contribution in [1.82, 2.24) is 4.98 Å². The third-order valence-electron chi connectivity index (χ3n) is 2.71. The van der Waals surface area contributed by atoms with Gasteiger partial charge in [0.1, 0.15) is 5.01 Å². The smallest absolute Gasteiger partial charge is 0.298 e. The van der Waals surface area contributed by atoms with E-state index in [4.69, 9.17) is 0 Å². The van der Waals surface area contributed by atoms with Crippen LogP contribution in [-0.4, -0.2) is 16.7 Å². The van der Waals surface area contributed by atoms with E-state index >= 15 is 0 Å². The van der Waals surface area contributed by atoms with Gasteiger partial charge in [0.25, 0.3) is 11.7 Å². The van der Waals surface area contributed by atoms with Crippen LogP contribution in [0.4, 0.5) is 5.69 Å². The van der Waals surface area contributed by atoms with Gasteiger partial charge in [-0.05, 0) is 18.2 Å². The first-order valence-electron chi connectivity index (χ1n) is 5.21. The summed E-state index contributed by atoms with van der Waals surface area (Å²) in [7, 11) is 0. The van der Waals surface area contributed by atoms with Gasteiger partial charge in [0.2, 0.25) is 0 Å². The Morgan fingerprint density at radius 2 is 2.17 bits per heavy atom. The van der Waals surface area contributed by atoms with E-state index in [-0.39, 0.29) is 0 Å². The number of Topliss-reactive ketones (excluding diaryl/α,β-unsaturated/α-hetero) is 1. The molecule has 0 spiro atoms. The molecule has 6 heteroatoms. The van der Waals surface area contributed by atoms with Crippen LogP contribution in [0, 0.1) is 0 Å². The molecule has 0 aliphatic carbocycles. The average Bonchev–Trinajstić information content (AvgIpc) is 2.93. The van der Waals surface area contributed by atoms with Crippen LogP contribution in [0.2, 0.25) is 0 Å². The van der Waals surface area contributed by atoms with Crippen LogP contribution in [0.3, 0.4) is 0 Å². The van der Waals surface area contributed by atoms with Crippen LogP contribution in [0.25, 0.3) is 0 Å². The van der Waals surface area contributed by atoms with Crippen LogP contribution >= 0.6 is 27.3 Å². The molecular weight excluding hydrogens is 316 g/mol. The number of aromatic nitrogens is 1. The second kappa shape index (κ2) is 4.29. The molecule has 2 heterocycles. The van der Waals surface area contributed by atoms with Gasteiger partial charge >= 0.3 is 0 Å². The highest BCUT2D eigenvalue weighted by atomic mass is 79.9. The maximum absolute atomic E-state index is 11.9. The van der Waals surface area contributed by atoms with Gasteiger partial charge in [0.05, 0.1) is 17.8 Å². The fourth-order valence-corrected chi connectivity index (χ4v) is 2.84. The van der Waals surface area contributed by atoms with Crippen LogP contribution in [0.1, 0.15) is 15.4 Å².